The lowest BCUT2D eigenvalue weighted by Gasteiger charge is -2.04. The van der Waals surface area contributed by atoms with E-state index < -0.39 is 0 Å². The molecule has 0 heterocycles. The van der Waals surface area contributed by atoms with Crippen LogP contribution in [-0.2, 0) is 5.75 Å². The summed E-state index contributed by atoms with van der Waals surface area (Å²) < 4.78 is 0. The molecule has 0 amide bonds. The average molecular weight is 216 g/mol. The van der Waals surface area contributed by atoms with Gasteiger partial charge in [0.1, 0.15) is 0 Å². The Morgan fingerprint density at radius 3 is 2.85 bits per heavy atom. The lowest BCUT2D eigenvalue weighted by Crippen LogP contribution is -1.88. The highest BCUT2D eigenvalue weighted by molar-refractivity contribution is 7.98. The van der Waals surface area contributed by atoms with Gasteiger partial charge in [0.15, 0.2) is 0 Å². The number of thioether (sulfide) groups is 1. The van der Waals surface area contributed by atoms with E-state index in [2.05, 4.69) is 6.92 Å². The molecule has 0 saturated heterocycles. The lowest BCUT2D eigenvalue weighted by molar-refractivity contribution is 1.10. The predicted molar refractivity (Wildman–Crippen MR) is 62.3 cm³/mol. The van der Waals surface area contributed by atoms with E-state index in [0.29, 0.717) is 0 Å². The molecule has 0 spiro atoms. The first kappa shape index (κ1) is 10.7. The molecule has 72 valence electrons. The van der Waals surface area contributed by atoms with Crippen LogP contribution in [0.1, 0.15) is 18.9 Å². The maximum Gasteiger partial charge on any atom is 0.0466 e. The van der Waals surface area contributed by atoms with Crippen LogP contribution in [0.15, 0.2) is 18.2 Å². The molecule has 0 atom stereocenters. The minimum absolute atomic E-state index is 0.731. The number of hydrogen-bond acceptors (Lipinski definition) is 2. The molecule has 3 heteroatoms. The van der Waals surface area contributed by atoms with Crippen molar-refractivity contribution in [2.75, 3.05) is 11.5 Å². The number of rotatable bonds is 4. The third kappa shape index (κ3) is 3.49. The van der Waals surface area contributed by atoms with Gasteiger partial charge in [-0.1, -0.05) is 24.6 Å². The zero-order chi connectivity index (χ0) is 9.68. The number of anilines is 1. The topological polar surface area (TPSA) is 26.0 Å². The molecule has 0 aliphatic rings. The van der Waals surface area contributed by atoms with Gasteiger partial charge < -0.3 is 5.73 Å². The van der Waals surface area contributed by atoms with Crippen molar-refractivity contribution in [3.05, 3.63) is 28.8 Å². The molecule has 0 aliphatic heterocycles. The molecule has 0 bridgehead atoms. The van der Waals surface area contributed by atoms with Crippen LogP contribution >= 0.6 is 23.4 Å². The highest BCUT2D eigenvalue weighted by atomic mass is 35.5. The summed E-state index contributed by atoms with van der Waals surface area (Å²) in [6.07, 6.45) is 1.21. The first-order valence-electron chi connectivity index (χ1n) is 4.35. The number of hydrogen-bond donors (Lipinski definition) is 1. The molecule has 0 unspecified atom stereocenters. The van der Waals surface area contributed by atoms with Gasteiger partial charge in [-0.2, -0.15) is 11.8 Å². The minimum atomic E-state index is 0.731. The molecule has 0 aliphatic carbocycles. The monoisotopic (exact) mass is 215 g/mol. The second-order valence-electron chi connectivity index (χ2n) is 2.90. The normalized spacial score (nSPS) is 10.3. The fraction of sp³-hybridized carbons (Fsp3) is 0.400. The molecule has 2 N–H and O–H groups in total. The van der Waals surface area contributed by atoms with Crippen LogP contribution in [0.5, 0.6) is 0 Å². The zero-order valence-corrected chi connectivity index (χ0v) is 9.29. The van der Waals surface area contributed by atoms with Crippen molar-refractivity contribution < 1.29 is 0 Å². The van der Waals surface area contributed by atoms with Crippen LogP contribution in [0.4, 0.5) is 5.69 Å². The van der Waals surface area contributed by atoms with Gasteiger partial charge in [0.25, 0.3) is 0 Å². The SMILES string of the molecule is CCCSCc1ccc(N)cc1Cl. The molecule has 1 aromatic carbocycles. The number of benzene rings is 1. The van der Waals surface area contributed by atoms with Crippen molar-refractivity contribution in [3.8, 4) is 0 Å². The highest BCUT2D eigenvalue weighted by Gasteiger charge is 1.99. The predicted octanol–water partition coefficient (Wildman–Crippen LogP) is 3.57. The molecule has 0 fully saturated rings. The number of halogens is 1. The molecule has 0 saturated carbocycles. The lowest BCUT2D eigenvalue weighted by atomic mass is 10.2. The summed E-state index contributed by atoms with van der Waals surface area (Å²) in [5.74, 6) is 2.16. The van der Waals surface area contributed by atoms with Gasteiger partial charge in [0.2, 0.25) is 0 Å². The Morgan fingerprint density at radius 2 is 2.23 bits per heavy atom. The van der Waals surface area contributed by atoms with E-state index in [-0.39, 0.29) is 0 Å². The van der Waals surface area contributed by atoms with Crippen LogP contribution < -0.4 is 5.73 Å². The van der Waals surface area contributed by atoms with E-state index in [0.717, 1.165) is 16.5 Å². The molecule has 1 aromatic rings. The molecule has 1 nitrogen and oxygen atoms in total. The largest absolute Gasteiger partial charge is 0.399 e. The van der Waals surface area contributed by atoms with Crippen molar-refractivity contribution >= 4 is 29.1 Å². The molecule has 0 radical (unpaired) electrons. The minimum Gasteiger partial charge on any atom is -0.399 e. The first-order valence-corrected chi connectivity index (χ1v) is 5.89. The Kier molecular flexibility index (Phi) is 4.46. The van der Waals surface area contributed by atoms with E-state index in [1.54, 1.807) is 0 Å². The van der Waals surface area contributed by atoms with Crippen LogP contribution in [0.2, 0.25) is 5.02 Å². The van der Waals surface area contributed by atoms with Gasteiger partial charge in [-0.05, 0) is 29.9 Å². The van der Waals surface area contributed by atoms with E-state index in [4.69, 9.17) is 17.3 Å². The van der Waals surface area contributed by atoms with Gasteiger partial charge in [0, 0.05) is 16.5 Å². The van der Waals surface area contributed by atoms with Crippen LogP contribution in [-0.4, -0.2) is 5.75 Å². The third-order valence-corrected chi connectivity index (χ3v) is 3.25. The molecular weight excluding hydrogens is 202 g/mol. The molecule has 1 rings (SSSR count). The summed E-state index contributed by atoms with van der Waals surface area (Å²) in [5.41, 5.74) is 7.50. The smallest absolute Gasteiger partial charge is 0.0466 e. The zero-order valence-electron chi connectivity index (χ0n) is 7.72. The third-order valence-electron chi connectivity index (χ3n) is 1.68. The van der Waals surface area contributed by atoms with Gasteiger partial charge in [-0.25, -0.2) is 0 Å². The van der Waals surface area contributed by atoms with Gasteiger partial charge >= 0.3 is 0 Å². The quantitative estimate of drug-likeness (QED) is 0.614. The molecule has 0 aromatic heterocycles. The van der Waals surface area contributed by atoms with Crippen molar-refractivity contribution in [1.29, 1.82) is 0 Å². The van der Waals surface area contributed by atoms with E-state index in [9.17, 15) is 0 Å². The average Bonchev–Trinajstić information content (AvgIpc) is 2.09. The second-order valence-corrected chi connectivity index (χ2v) is 4.42. The molecule has 13 heavy (non-hydrogen) atoms. The number of nitrogens with two attached hydrogens (primary N) is 1. The summed E-state index contributed by atoms with van der Waals surface area (Å²) in [7, 11) is 0. The maximum atomic E-state index is 6.02. The Labute approximate surface area is 88.7 Å². The maximum absolute atomic E-state index is 6.02. The van der Waals surface area contributed by atoms with Crippen LogP contribution in [0.25, 0.3) is 0 Å². The van der Waals surface area contributed by atoms with Crippen molar-refractivity contribution in [2.24, 2.45) is 0 Å². The first-order chi connectivity index (χ1) is 6.24. The Bertz CT molecular complexity index is 276. The van der Waals surface area contributed by atoms with E-state index in [1.807, 2.05) is 30.0 Å². The van der Waals surface area contributed by atoms with Crippen molar-refractivity contribution in [3.63, 3.8) is 0 Å². The van der Waals surface area contributed by atoms with Gasteiger partial charge in [0.05, 0.1) is 0 Å². The van der Waals surface area contributed by atoms with E-state index in [1.165, 1.54) is 17.7 Å². The van der Waals surface area contributed by atoms with Crippen molar-refractivity contribution in [2.45, 2.75) is 19.1 Å². The van der Waals surface area contributed by atoms with Crippen LogP contribution in [0.3, 0.4) is 0 Å². The van der Waals surface area contributed by atoms with Crippen molar-refractivity contribution in [1.82, 2.24) is 0 Å². The van der Waals surface area contributed by atoms with Gasteiger partial charge in [-0.3, -0.25) is 0 Å². The van der Waals surface area contributed by atoms with E-state index >= 15 is 0 Å². The fourth-order valence-corrected chi connectivity index (χ4v) is 2.25. The number of nitrogen functional groups attached to an aromatic ring is 1. The Morgan fingerprint density at radius 1 is 1.46 bits per heavy atom. The Hall–Kier alpha value is -0.340. The highest BCUT2D eigenvalue weighted by Crippen LogP contribution is 2.23. The van der Waals surface area contributed by atoms with Crippen LogP contribution in [0, 0.1) is 0 Å². The Balaban J connectivity index is 2.56. The summed E-state index contributed by atoms with van der Waals surface area (Å²) in [5, 5.41) is 0.781. The summed E-state index contributed by atoms with van der Waals surface area (Å²) >= 11 is 7.92. The van der Waals surface area contributed by atoms with Gasteiger partial charge in [-0.15, -0.1) is 0 Å². The fourth-order valence-electron chi connectivity index (χ4n) is 1.01. The second kappa shape index (κ2) is 5.40. The summed E-state index contributed by atoms with van der Waals surface area (Å²) in [4.78, 5) is 0. The standard InChI is InChI=1S/C10H14ClNS/c1-2-5-13-7-8-3-4-9(12)6-10(8)11/h3-4,6H,2,5,7,12H2,1H3. The summed E-state index contributed by atoms with van der Waals surface area (Å²) in [6.45, 7) is 2.18. The summed E-state index contributed by atoms with van der Waals surface area (Å²) in [6, 6.07) is 5.71. The molecular formula is C10H14ClNS.